The lowest BCUT2D eigenvalue weighted by Gasteiger charge is -2.32. The van der Waals surface area contributed by atoms with Crippen LogP contribution in [0.1, 0.15) is 23.2 Å². The van der Waals surface area contributed by atoms with Gasteiger partial charge in [-0.05, 0) is 44.4 Å². The van der Waals surface area contributed by atoms with Crippen molar-refractivity contribution in [3.63, 3.8) is 0 Å². The van der Waals surface area contributed by atoms with Gasteiger partial charge in [-0.3, -0.25) is 0 Å². The maximum atomic E-state index is 2.63. The van der Waals surface area contributed by atoms with E-state index in [1.54, 1.807) is 11.1 Å². The second kappa shape index (κ2) is 5.71. The predicted molar refractivity (Wildman–Crippen MR) is 92.6 cm³/mol. The molecule has 0 N–H and O–H groups in total. The molecule has 3 nitrogen and oxygen atoms in total. The van der Waals surface area contributed by atoms with Gasteiger partial charge in [0, 0.05) is 50.3 Å². The minimum absolute atomic E-state index is 1.20. The standard InChI is InChI=1S/C19H27N3/c1-15-17(8-10-21-13-11-20(2)12-14-21)18-7-3-5-16-6-4-9-22(15)19(16)18/h3,5,7H,4,6,8-14H2,1-2H3. The molecule has 1 aromatic heterocycles. The van der Waals surface area contributed by atoms with E-state index in [2.05, 4.69) is 46.5 Å². The van der Waals surface area contributed by atoms with Gasteiger partial charge in [0.2, 0.25) is 0 Å². The van der Waals surface area contributed by atoms with E-state index in [-0.39, 0.29) is 0 Å². The summed E-state index contributed by atoms with van der Waals surface area (Å²) in [5.74, 6) is 0. The van der Waals surface area contributed by atoms with Crippen molar-refractivity contribution in [3.05, 3.63) is 35.0 Å². The Morgan fingerprint density at radius 3 is 2.68 bits per heavy atom. The molecule has 2 aromatic rings. The molecule has 0 unspecified atom stereocenters. The van der Waals surface area contributed by atoms with Gasteiger partial charge in [-0.25, -0.2) is 0 Å². The van der Waals surface area contributed by atoms with Gasteiger partial charge in [0.1, 0.15) is 0 Å². The molecular formula is C19H27N3. The van der Waals surface area contributed by atoms with Crippen LogP contribution in [-0.2, 0) is 19.4 Å². The number of benzene rings is 1. The first kappa shape index (κ1) is 14.3. The van der Waals surface area contributed by atoms with E-state index in [1.807, 2.05) is 0 Å². The third-order valence-electron chi connectivity index (χ3n) is 5.66. The van der Waals surface area contributed by atoms with E-state index < -0.39 is 0 Å². The summed E-state index contributed by atoms with van der Waals surface area (Å²) in [5.41, 5.74) is 6.19. The first-order chi connectivity index (χ1) is 10.7. The first-order valence-corrected chi connectivity index (χ1v) is 8.74. The Balaban J connectivity index is 1.60. The van der Waals surface area contributed by atoms with Gasteiger partial charge in [-0.15, -0.1) is 0 Å². The highest BCUT2D eigenvalue weighted by Crippen LogP contribution is 2.32. The van der Waals surface area contributed by atoms with E-state index in [4.69, 9.17) is 0 Å². The quantitative estimate of drug-likeness (QED) is 0.863. The number of likely N-dealkylation sites (N-methyl/N-ethyl adjacent to an activating group) is 1. The molecule has 1 saturated heterocycles. The van der Waals surface area contributed by atoms with Crippen LogP contribution < -0.4 is 0 Å². The fourth-order valence-corrected chi connectivity index (χ4v) is 4.24. The van der Waals surface area contributed by atoms with Crippen LogP contribution in [0.4, 0.5) is 0 Å². The molecule has 4 rings (SSSR count). The van der Waals surface area contributed by atoms with Crippen molar-refractivity contribution in [1.29, 1.82) is 0 Å². The van der Waals surface area contributed by atoms with Crippen LogP contribution in [0.25, 0.3) is 10.9 Å². The molecule has 1 fully saturated rings. The SMILES string of the molecule is Cc1c(CCN2CCN(C)CC2)c2cccc3c2n1CCC3. The molecule has 0 saturated carbocycles. The summed E-state index contributed by atoms with van der Waals surface area (Å²) in [6, 6.07) is 6.92. The van der Waals surface area contributed by atoms with Crippen molar-refractivity contribution in [2.24, 2.45) is 0 Å². The monoisotopic (exact) mass is 297 g/mol. The Bertz CT molecular complexity index is 678. The summed E-state index contributed by atoms with van der Waals surface area (Å²) in [6.07, 6.45) is 3.74. The molecule has 3 heterocycles. The molecule has 22 heavy (non-hydrogen) atoms. The minimum atomic E-state index is 1.20. The van der Waals surface area contributed by atoms with Crippen LogP contribution in [0.15, 0.2) is 18.2 Å². The molecule has 2 aliphatic heterocycles. The molecule has 0 radical (unpaired) electrons. The molecule has 118 valence electrons. The van der Waals surface area contributed by atoms with E-state index in [0.29, 0.717) is 0 Å². The number of aryl methyl sites for hydroxylation is 2. The van der Waals surface area contributed by atoms with Gasteiger partial charge in [0.25, 0.3) is 0 Å². The third kappa shape index (κ3) is 2.37. The summed E-state index contributed by atoms with van der Waals surface area (Å²) in [6.45, 7) is 9.61. The second-order valence-corrected chi connectivity index (χ2v) is 7.03. The fraction of sp³-hybridized carbons (Fsp3) is 0.579. The molecule has 2 aliphatic rings. The molecule has 0 amide bonds. The number of nitrogens with zero attached hydrogens (tertiary/aromatic N) is 3. The highest BCUT2D eigenvalue weighted by atomic mass is 15.2. The third-order valence-corrected chi connectivity index (χ3v) is 5.66. The predicted octanol–water partition coefficient (Wildman–Crippen LogP) is 2.69. The average Bonchev–Trinajstić information content (AvgIpc) is 2.82. The van der Waals surface area contributed by atoms with Crippen LogP contribution in [0.2, 0.25) is 0 Å². The van der Waals surface area contributed by atoms with Crippen molar-refractivity contribution < 1.29 is 0 Å². The number of para-hydroxylation sites is 1. The van der Waals surface area contributed by atoms with Crippen LogP contribution >= 0.6 is 0 Å². The molecule has 0 bridgehead atoms. The average molecular weight is 297 g/mol. The molecule has 3 heteroatoms. The lowest BCUT2D eigenvalue weighted by molar-refractivity contribution is 0.155. The normalized spacial score (nSPS) is 19.9. The maximum absolute atomic E-state index is 2.63. The second-order valence-electron chi connectivity index (χ2n) is 7.03. The molecule has 0 atom stereocenters. The molecular weight excluding hydrogens is 270 g/mol. The van der Waals surface area contributed by atoms with Crippen molar-refractivity contribution in [2.75, 3.05) is 39.8 Å². The van der Waals surface area contributed by atoms with Gasteiger partial charge >= 0.3 is 0 Å². The Hall–Kier alpha value is -1.32. The lowest BCUT2D eigenvalue weighted by atomic mass is 10.0. The van der Waals surface area contributed by atoms with Crippen molar-refractivity contribution in [3.8, 4) is 0 Å². The first-order valence-electron chi connectivity index (χ1n) is 8.74. The van der Waals surface area contributed by atoms with Crippen LogP contribution in [0.3, 0.4) is 0 Å². The van der Waals surface area contributed by atoms with Gasteiger partial charge in [-0.2, -0.15) is 0 Å². The summed E-state index contributed by atoms with van der Waals surface area (Å²) in [4.78, 5) is 5.06. The zero-order valence-electron chi connectivity index (χ0n) is 13.9. The fourth-order valence-electron chi connectivity index (χ4n) is 4.24. The Morgan fingerprint density at radius 2 is 1.86 bits per heavy atom. The smallest absolute Gasteiger partial charge is 0.0517 e. The van der Waals surface area contributed by atoms with Gasteiger partial charge < -0.3 is 14.4 Å². The van der Waals surface area contributed by atoms with Gasteiger partial charge in [0.05, 0.1) is 5.52 Å². The van der Waals surface area contributed by atoms with Crippen LogP contribution in [0, 0.1) is 6.92 Å². The summed E-state index contributed by atoms with van der Waals surface area (Å²) in [5, 5.41) is 1.52. The number of piperazine rings is 1. The Morgan fingerprint density at radius 1 is 1.05 bits per heavy atom. The van der Waals surface area contributed by atoms with E-state index in [9.17, 15) is 0 Å². The van der Waals surface area contributed by atoms with Crippen LogP contribution in [-0.4, -0.2) is 54.1 Å². The van der Waals surface area contributed by atoms with E-state index in [1.165, 1.54) is 75.1 Å². The highest BCUT2D eigenvalue weighted by Gasteiger charge is 2.20. The lowest BCUT2D eigenvalue weighted by Crippen LogP contribution is -2.45. The molecule has 1 aromatic carbocycles. The van der Waals surface area contributed by atoms with Crippen LogP contribution in [0.5, 0.6) is 0 Å². The highest BCUT2D eigenvalue weighted by molar-refractivity contribution is 5.88. The molecule has 0 spiro atoms. The minimum Gasteiger partial charge on any atom is -0.344 e. The van der Waals surface area contributed by atoms with Crippen molar-refractivity contribution >= 4 is 10.9 Å². The largest absolute Gasteiger partial charge is 0.344 e. The summed E-state index contributed by atoms with van der Waals surface area (Å²) in [7, 11) is 2.23. The number of rotatable bonds is 3. The zero-order chi connectivity index (χ0) is 15.1. The maximum Gasteiger partial charge on any atom is 0.0517 e. The zero-order valence-corrected chi connectivity index (χ0v) is 13.9. The van der Waals surface area contributed by atoms with Gasteiger partial charge in [-0.1, -0.05) is 18.2 Å². The van der Waals surface area contributed by atoms with Crippen molar-refractivity contribution in [2.45, 2.75) is 32.7 Å². The summed E-state index contributed by atoms with van der Waals surface area (Å²) < 4.78 is 2.58. The van der Waals surface area contributed by atoms with Crippen molar-refractivity contribution in [1.82, 2.24) is 14.4 Å². The number of hydrogen-bond donors (Lipinski definition) is 0. The summed E-state index contributed by atoms with van der Waals surface area (Å²) >= 11 is 0. The van der Waals surface area contributed by atoms with Gasteiger partial charge in [0.15, 0.2) is 0 Å². The molecule has 0 aliphatic carbocycles. The number of aromatic nitrogens is 1. The Kier molecular flexibility index (Phi) is 3.71. The van der Waals surface area contributed by atoms with E-state index in [0.717, 1.165) is 0 Å². The topological polar surface area (TPSA) is 11.4 Å². The van der Waals surface area contributed by atoms with E-state index >= 15 is 0 Å². The Labute approximate surface area is 133 Å². The number of hydrogen-bond acceptors (Lipinski definition) is 2.